The zero-order valence-corrected chi connectivity index (χ0v) is 9.28. The van der Waals surface area contributed by atoms with E-state index in [-0.39, 0.29) is 24.8 Å². The third-order valence-corrected chi connectivity index (χ3v) is 2.72. The first-order valence-corrected chi connectivity index (χ1v) is 4.46. The van der Waals surface area contributed by atoms with Crippen molar-refractivity contribution in [3.8, 4) is 0 Å². The Kier molecular flexibility index (Phi) is 6.25. The topological polar surface area (TPSA) is 38.5 Å². The van der Waals surface area contributed by atoms with Crippen LogP contribution in [0.5, 0.6) is 0 Å². The van der Waals surface area contributed by atoms with Gasteiger partial charge in [-0.05, 0) is 19.4 Å². The van der Waals surface area contributed by atoms with E-state index in [1.54, 1.807) is 0 Å². The van der Waals surface area contributed by atoms with E-state index in [4.69, 9.17) is 10.5 Å². The van der Waals surface area contributed by atoms with Crippen LogP contribution in [0.15, 0.2) is 0 Å². The van der Waals surface area contributed by atoms with Crippen molar-refractivity contribution in [1.29, 1.82) is 0 Å². The van der Waals surface area contributed by atoms with Gasteiger partial charge in [0.15, 0.2) is 0 Å². The van der Waals surface area contributed by atoms with E-state index >= 15 is 0 Å². The van der Waals surface area contributed by atoms with Crippen LogP contribution < -0.4 is 5.73 Å². The van der Waals surface area contributed by atoms with Crippen LogP contribution in [0.4, 0.5) is 0 Å². The Bertz CT molecular complexity index is 148. The van der Waals surface area contributed by atoms with E-state index in [1.807, 2.05) is 0 Å². The normalized spacial score (nSPS) is 33.0. The molecule has 5 heteroatoms. The molecule has 2 heterocycles. The van der Waals surface area contributed by atoms with Crippen molar-refractivity contribution in [2.45, 2.75) is 25.0 Å². The fourth-order valence-corrected chi connectivity index (χ4v) is 2.03. The van der Waals surface area contributed by atoms with E-state index in [2.05, 4.69) is 4.90 Å². The Balaban J connectivity index is 0.000000720. The summed E-state index contributed by atoms with van der Waals surface area (Å²) in [6.45, 7) is 3.89. The Hall–Kier alpha value is 0.460. The van der Waals surface area contributed by atoms with Crippen molar-refractivity contribution in [2.24, 2.45) is 5.73 Å². The first-order valence-electron chi connectivity index (χ1n) is 4.46. The second-order valence-electron chi connectivity index (χ2n) is 3.48. The number of hydrogen-bond acceptors (Lipinski definition) is 3. The summed E-state index contributed by atoms with van der Waals surface area (Å²) in [4.78, 5) is 2.51. The molecule has 2 N–H and O–H groups in total. The Morgan fingerprint density at radius 3 is 2.85 bits per heavy atom. The molecule has 13 heavy (non-hydrogen) atoms. The number of morpholine rings is 1. The predicted molar refractivity (Wildman–Crippen MR) is 57.9 cm³/mol. The molecular formula is C8H18Cl2N2O. The molecule has 0 aliphatic carbocycles. The molecule has 80 valence electrons. The minimum Gasteiger partial charge on any atom is -0.374 e. The molecule has 0 aromatic rings. The lowest BCUT2D eigenvalue weighted by atomic mass is 10.2. The van der Waals surface area contributed by atoms with Gasteiger partial charge in [0.1, 0.15) is 0 Å². The molecule has 3 nitrogen and oxygen atoms in total. The van der Waals surface area contributed by atoms with Crippen molar-refractivity contribution >= 4 is 24.8 Å². The third-order valence-electron chi connectivity index (χ3n) is 2.72. The van der Waals surface area contributed by atoms with Crippen molar-refractivity contribution in [3.05, 3.63) is 0 Å². The van der Waals surface area contributed by atoms with E-state index in [1.165, 1.54) is 19.4 Å². The van der Waals surface area contributed by atoms with Crippen molar-refractivity contribution < 1.29 is 4.74 Å². The summed E-state index contributed by atoms with van der Waals surface area (Å²) in [6.07, 6.45) is 2.95. The van der Waals surface area contributed by atoms with E-state index in [9.17, 15) is 0 Å². The lowest BCUT2D eigenvalue weighted by molar-refractivity contribution is -0.0434. The van der Waals surface area contributed by atoms with Crippen molar-refractivity contribution in [2.75, 3.05) is 26.2 Å². The molecule has 0 bridgehead atoms. The molecule has 2 aliphatic rings. The van der Waals surface area contributed by atoms with Gasteiger partial charge in [0, 0.05) is 19.1 Å². The first-order chi connectivity index (χ1) is 5.40. The maximum absolute atomic E-state index is 5.57. The third kappa shape index (κ3) is 2.96. The molecule has 2 fully saturated rings. The van der Waals surface area contributed by atoms with Gasteiger partial charge in [0.25, 0.3) is 0 Å². The number of ether oxygens (including phenoxy) is 1. The molecule has 0 unspecified atom stereocenters. The van der Waals surface area contributed by atoms with Crippen molar-refractivity contribution in [3.63, 3.8) is 0 Å². The zero-order chi connectivity index (χ0) is 7.68. The van der Waals surface area contributed by atoms with Gasteiger partial charge in [-0.15, -0.1) is 24.8 Å². The lowest BCUT2D eigenvalue weighted by Gasteiger charge is -2.34. The zero-order valence-electron chi connectivity index (χ0n) is 7.65. The molecule has 0 radical (unpaired) electrons. The van der Waals surface area contributed by atoms with Gasteiger partial charge in [0.05, 0.1) is 12.7 Å². The standard InChI is InChI=1S/C8H16N2O.2ClH/c9-4-8-5-10-3-1-2-7(10)6-11-8;;/h7-8H,1-6,9H2;2*1H/t7-,8+;;/m1../s1. The lowest BCUT2D eigenvalue weighted by Crippen LogP contribution is -2.48. The van der Waals surface area contributed by atoms with Crippen LogP contribution in [0.1, 0.15) is 12.8 Å². The number of halogens is 2. The van der Waals surface area contributed by atoms with Crippen LogP contribution >= 0.6 is 24.8 Å². The number of rotatable bonds is 1. The van der Waals surface area contributed by atoms with Crippen LogP contribution in [-0.4, -0.2) is 43.3 Å². The summed E-state index contributed by atoms with van der Waals surface area (Å²) in [5, 5.41) is 0. The van der Waals surface area contributed by atoms with Crippen LogP contribution in [0.2, 0.25) is 0 Å². The highest BCUT2D eigenvalue weighted by Gasteiger charge is 2.31. The summed E-state index contributed by atoms with van der Waals surface area (Å²) >= 11 is 0. The highest BCUT2D eigenvalue weighted by molar-refractivity contribution is 5.85. The van der Waals surface area contributed by atoms with Gasteiger partial charge < -0.3 is 10.5 Å². The van der Waals surface area contributed by atoms with Gasteiger partial charge in [-0.1, -0.05) is 0 Å². The fraction of sp³-hybridized carbons (Fsp3) is 1.00. The van der Waals surface area contributed by atoms with Crippen molar-refractivity contribution in [1.82, 2.24) is 4.90 Å². The van der Waals surface area contributed by atoms with E-state index in [0.717, 1.165) is 13.2 Å². The fourth-order valence-electron chi connectivity index (χ4n) is 2.03. The summed E-state index contributed by atoms with van der Waals surface area (Å²) in [7, 11) is 0. The molecule has 2 rings (SSSR count). The second-order valence-corrected chi connectivity index (χ2v) is 3.48. The molecule has 0 aromatic heterocycles. The molecule has 0 saturated carbocycles. The first kappa shape index (κ1) is 13.5. The molecular weight excluding hydrogens is 211 g/mol. The molecule has 0 aromatic carbocycles. The molecule has 2 saturated heterocycles. The number of nitrogens with zero attached hydrogens (tertiary/aromatic N) is 1. The highest BCUT2D eigenvalue weighted by atomic mass is 35.5. The average molecular weight is 229 g/mol. The maximum atomic E-state index is 5.57. The Labute approximate surface area is 91.8 Å². The van der Waals surface area contributed by atoms with E-state index in [0.29, 0.717) is 18.7 Å². The van der Waals surface area contributed by atoms with Crippen LogP contribution in [0.25, 0.3) is 0 Å². The minimum absolute atomic E-state index is 0. The summed E-state index contributed by atoms with van der Waals surface area (Å²) in [5.41, 5.74) is 5.53. The predicted octanol–water partition coefficient (Wildman–Crippen LogP) is 0.652. The number of fused-ring (bicyclic) bond motifs is 1. The van der Waals surface area contributed by atoms with Gasteiger partial charge in [0.2, 0.25) is 0 Å². The number of hydrogen-bond donors (Lipinski definition) is 1. The minimum atomic E-state index is 0. The SMILES string of the molecule is Cl.Cl.NC[C@H]1CN2CCC[C@@H]2CO1. The van der Waals surface area contributed by atoms with Crippen LogP contribution in [0.3, 0.4) is 0 Å². The van der Waals surface area contributed by atoms with Gasteiger partial charge in [-0.25, -0.2) is 0 Å². The van der Waals surface area contributed by atoms with E-state index < -0.39 is 0 Å². The van der Waals surface area contributed by atoms with Crippen LogP contribution in [0, 0.1) is 0 Å². The quantitative estimate of drug-likeness (QED) is 0.717. The summed E-state index contributed by atoms with van der Waals surface area (Å²) in [5.74, 6) is 0. The number of nitrogens with two attached hydrogens (primary N) is 1. The highest BCUT2D eigenvalue weighted by Crippen LogP contribution is 2.21. The largest absolute Gasteiger partial charge is 0.374 e. The van der Waals surface area contributed by atoms with Gasteiger partial charge in [-0.2, -0.15) is 0 Å². The Morgan fingerprint density at radius 1 is 1.38 bits per heavy atom. The van der Waals surface area contributed by atoms with Gasteiger partial charge in [-0.3, -0.25) is 4.90 Å². The summed E-state index contributed by atoms with van der Waals surface area (Å²) in [6, 6.07) is 0.706. The summed E-state index contributed by atoms with van der Waals surface area (Å²) < 4.78 is 5.57. The smallest absolute Gasteiger partial charge is 0.0824 e. The molecule has 0 spiro atoms. The molecule has 0 amide bonds. The van der Waals surface area contributed by atoms with Crippen LogP contribution in [-0.2, 0) is 4.74 Å². The van der Waals surface area contributed by atoms with Gasteiger partial charge >= 0.3 is 0 Å². The molecule has 2 atom stereocenters. The maximum Gasteiger partial charge on any atom is 0.0824 e. The molecule has 2 aliphatic heterocycles. The Morgan fingerprint density at radius 2 is 2.15 bits per heavy atom. The monoisotopic (exact) mass is 228 g/mol. The average Bonchev–Trinajstić information content (AvgIpc) is 2.50. The second kappa shape index (κ2) is 6.04.